The van der Waals surface area contributed by atoms with Crippen LogP contribution < -0.4 is 5.73 Å². The van der Waals surface area contributed by atoms with E-state index in [1.165, 1.54) is 0 Å². The van der Waals surface area contributed by atoms with Crippen molar-refractivity contribution in [2.75, 3.05) is 26.2 Å². The highest BCUT2D eigenvalue weighted by Gasteiger charge is 2.28. The average molecular weight is 224 g/mol. The molecule has 1 aliphatic rings. The van der Waals surface area contributed by atoms with Crippen LogP contribution in [0.1, 0.15) is 25.7 Å². The summed E-state index contributed by atoms with van der Waals surface area (Å²) in [5, 5.41) is 0. The molecule has 1 rings (SSSR count). The number of likely N-dealkylation sites (tertiary alicyclic amines) is 1. The van der Waals surface area contributed by atoms with Gasteiger partial charge in [0.2, 0.25) is 0 Å². The first kappa shape index (κ1) is 12.8. The molecule has 0 radical (unpaired) electrons. The zero-order valence-electron chi connectivity index (χ0n) is 8.89. The molecular formula is C10H19F3N2. The third-order valence-corrected chi connectivity index (χ3v) is 2.90. The fourth-order valence-electron chi connectivity index (χ4n) is 2.00. The first-order valence-corrected chi connectivity index (χ1v) is 5.50. The summed E-state index contributed by atoms with van der Waals surface area (Å²) in [5.74, 6) is 0.376. The second kappa shape index (κ2) is 5.70. The smallest absolute Gasteiger partial charge is 0.330 e. The predicted molar refractivity (Wildman–Crippen MR) is 53.5 cm³/mol. The minimum absolute atomic E-state index is 0.125. The highest BCUT2D eigenvalue weighted by Crippen LogP contribution is 2.22. The van der Waals surface area contributed by atoms with Crippen LogP contribution in [0.4, 0.5) is 13.2 Å². The average Bonchev–Trinajstić information content (AvgIpc) is 2.38. The number of nitrogens with two attached hydrogens (primary N) is 1. The number of nitrogens with zero attached hydrogens (tertiary/aromatic N) is 1. The van der Waals surface area contributed by atoms with Crippen LogP contribution in [0.2, 0.25) is 0 Å². The van der Waals surface area contributed by atoms with Gasteiger partial charge < -0.3 is 10.6 Å². The SMILES string of the molecule is NCC1CCCCN(CCC(F)(F)F)C1. The first-order valence-electron chi connectivity index (χ1n) is 5.50. The fraction of sp³-hybridized carbons (Fsp3) is 1.00. The minimum Gasteiger partial charge on any atom is -0.330 e. The van der Waals surface area contributed by atoms with E-state index in [2.05, 4.69) is 0 Å². The van der Waals surface area contributed by atoms with E-state index in [-0.39, 0.29) is 6.54 Å². The van der Waals surface area contributed by atoms with Gasteiger partial charge in [-0.05, 0) is 31.8 Å². The Balaban J connectivity index is 2.33. The monoisotopic (exact) mass is 224 g/mol. The number of hydrogen-bond donors (Lipinski definition) is 1. The number of rotatable bonds is 3. The maximum atomic E-state index is 12.0. The third kappa shape index (κ3) is 5.37. The van der Waals surface area contributed by atoms with Gasteiger partial charge in [0.05, 0.1) is 6.42 Å². The van der Waals surface area contributed by atoms with Gasteiger partial charge in [-0.15, -0.1) is 0 Å². The lowest BCUT2D eigenvalue weighted by molar-refractivity contribution is -0.138. The predicted octanol–water partition coefficient (Wildman–Crippen LogP) is 2.00. The van der Waals surface area contributed by atoms with Crippen LogP contribution in [0.3, 0.4) is 0 Å². The summed E-state index contributed by atoms with van der Waals surface area (Å²) in [4.78, 5) is 1.90. The van der Waals surface area contributed by atoms with Crippen LogP contribution in [-0.2, 0) is 0 Å². The van der Waals surface area contributed by atoms with Gasteiger partial charge in [-0.3, -0.25) is 0 Å². The van der Waals surface area contributed by atoms with Gasteiger partial charge in [-0.1, -0.05) is 6.42 Å². The Morgan fingerprint density at radius 1 is 1.27 bits per heavy atom. The van der Waals surface area contributed by atoms with Gasteiger partial charge in [0.15, 0.2) is 0 Å². The van der Waals surface area contributed by atoms with E-state index in [0.717, 1.165) is 32.4 Å². The summed E-state index contributed by atoms with van der Waals surface area (Å²) in [5.41, 5.74) is 5.57. The molecule has 1 unspecified atom stereocenters. The number of halogens is 3. The van der Waals surface area contributed by atoms with Crippen molar-refractivity contribution >= 4 is 0 Å². The maximum Gasteiger partial charge on any atom is 0.390 e. The molecule has 15 heavy (non-hydrogen) atoms. The van der Waals surface area contributed by atoms with Crippen molar-refractivity contribution in [3.05, 3.63) is 0 Å². The lowest BCUT2D eigenvalue weighted by atomic mass is 10.0. The lowest BCUT2D eigenvalue weighted by Gasteiger charge is -2.23. The van der Waals surface area contributed by atoms with Crippen LogP contribution in [0.25, 0.3) is 0 Å². The molecule has 1 aliphatic heterocycles. The van der Waals surface area contributed by atoms with E-state index in [1.54, 1.807) is 0 Å². The molecule has 1 heterocycles. The van der Waals surface area contributed by atoms with E-state index >= 15 is 0 Å². The van der Waals surface area contributed by atoms with E-state index < -0.39 is 12.6 Å². The summed E-state index contributed by atoms with van der Waals surface area (Å²) >= 11 is 0. The van der Waals surface area contributed by atoms with Gasteiger partial charge in [-0.25, -0.2) is 0 Å². The lowest BCUT2D eigenvalue weighted by Crippen LogP contribution is -2.34. The summed E-state index contributed by atoms with van der Waals surface area (Å²) in [6.07, 6.45) is -1.60. The Hall–Kier alpha value is -0.290. The van der Waals surface area contributed by atoms with E-state index in [4.69, 9.17) is 5.73 Å². The van der Waals surface area contributed by atoms with Crippen molar-refractivity contribution in [1.82, 2.24) is 4.90 Å². The summed E-state index contributed by atoms with van der Waals surface area (Å²) in [6, 6.07) is 0. The summed E-state index contributed by atoms with van der Waals surface area (Å²) < 4.78 is 36.1. The summed E-state index contributed by atoms with van der Waals surface area (Å²) in [7, 11) is 0. The van der Waals surface area contributed by atoms with E-state index in [9.17, 15) is 13.2 Å². The molecular weight excluding hydrogens is 205 g/mol. The van der Waals surface area contributed by atoms with Crippen LogP contribution in [0, 0.1) is 5.92 Å². The Labute approximate surface area is 88.6 Å². The highest BCUT2D eigenvalue weighted by atomic mass is 19.4. The van der Waals surface area contributed by atoms with Crippen molar-refractivity contribution in [3.63, 3.8) is 0 Å². The van der Waals surface area contributed by atoms with Crippen LogP contribution in [0.5, 0.6) is 0 Å². The molecule has 0 bridgehead atoms. The van der Waals surface area contributed by atoms with Crippen molar-refractivity contribution in [1.29, 1.82) is 0 Å². The van der Waals surface area contributed by atoms with E-state index in [0.29, 0.717) is 12.5 Å². The van der Waals surface area contributed by atoms with Gasteiger partial charge >= 0.3 is 6.18 Å². The van der Waals surface area contributed by atoms with Gasteiger partial charge in [0.1, 0.15) is 0 Å². The van der Waals surface area contributed by atoms with Crippen LogP contribution in [-0.4, -0.2) is 37.3 Å². The summed E-state index contributed by atoms with van der Waals surface area (Å²) in [6.45, 7) is 2.22. The van der Waals surface area contributed by atoms with Crippen molar-refractivity contribution in [3.8, 4) is 0 Å². The molecule has 0 aromatic heterocycles. The highest BCUT2D eigenvalue weighted by molar-refractivity contribution is 4.72. The number of hydrogen-bond acceptors (Lipinski definition) is 2. The second-order valence-electron chi connectivity index (χ2n) is 4.26. The van der Waals surface area contributed by atoms with Crippen LogP contribution >= 0.6 is 0 Å². The topological polar surface area (TPSA) is 29.3 Å². The fourth-order valence-corrected chi connectivity index (χ4v) is 2.00. The normalized spacial score (nSPS) is 25.2. The molecule has 2 nitrogen and oxygen atoms in total. The maximum absolute atomic E-state index is 12.0. The zero-order chi connectivity index (χ0) is 11.3. The molecule has 1 atom stereocenters. The second-order valence-corrected chi connectivity index (χ2v) is 4.26. The molecule has 1 fully saturated rings. The zero-order valence-corrected chi connectivity index (χ0v) is 8.89. The Morgan fingerprint density at radius 3 is 2.60 bits per heavy atom. The molecule has 0 amide bonds. The largest absolute Gasteiger partial charge is 0.390 e. The van der Waals surface area contributed by atoms with Gasteiger partial charge in [0, 0.05) is 13.1 Å². The molecule has 2 N–H and O–H groups in total. The molecule has 0 aliphatic carbocycles. The Kier molecular flexibility index (Phi) is 4.86. The van der Waals surface area contributed by atoms with E-state index in [1.807, 2.05) is 4.90 Å². The standard InChI is InChI=1S/C10H19F3N2/c11-10(12,13)4-6-15-5-2-1-3-9(7-14)8-15/h9H,1-8,14H2. The van der Waals surface area contributed by atoms with Gasteiger partial charge in [-0.2, -0.15) is 13.2 Å². The molecule has 0 saturated carbocycles. The van der Waals surface area contributed by atoms with Crippen LogP contribution in [0.15, 0.2) is 0 Å². The molecule has 1 saturated heterocycles. The molecule has 5 heteroatoms. The first-order chi connectivity index (χ1) is 7.01. The van der Waals surface area contributed by atoms with Crippen molar-refractivity contribution in [2.45, 2.75) is 31.9 Å². The molecule has 0 spiro atoms. The quantitative estimate of drug-likeness (QED) is 0.794. The Bertz CT molecular complexity index is 182. The van der Waals surface area contributed by atoms with Crippen molar-refractivity contribution in [2.24, 2.45) is 11.7 Å². The molecule has 0 aromatic rings. The number of alkyl halides is 3. The minimum atomic E-state index is -4.04. The molecule has 0 aromatic carbocycles. The van der Waals surface area contributed by atoms with Gasteiger partial charge in [0.25, 0.3) is 0 Å². The molecule has 90 valence electrons. The Morgan fingerprint density at radius 2 is 2.00 bits per heavy atom. The van der Waals surface area contributed by atoms with Crippen molar-refractivity contribution < 1.29 is 13.2 Å². The third-order valence-electron chi connectivity index (χ3n) is 2.90.